The van der Waals surface area contributed by atoms with E-state index in [1.807, 2.05) is 0 Å². The number of carbonyl (C=O) groups excluding carboxylic acids is 1. The molecule has 0 saturated carbocycles. The number of ether oxygens (including phenoxy) is 1. The molecule has 0 radical (unpaired) electrons. The zero-order valence-corrected chi connectivity index (χ0v) is 15.8. The van der Waals surface area contributed by atoms with Gasteiger partial charge in [0.1, 0.15) is 6.33 Å². The normalized spacial score (nSPS) is 15.4. The van der Waals surface area contributed by atoms with Crippen LogP contribution in [0.25, 0.3) is 0 Å². The highest BCUT2D eigenvalue weighted by molar-refractivity contribution is 7.89. The first-order valence-electron chi connectivity index (χ1n) is 8.49. The molecule has 146 valence electrons. The van der Waals surface area contributed by atoms with Gasteiger partial charge in [-0.3, -0.25) is 0 Å². The standard InChI is InChI=1S/C16H22N6O4S/c1-21-12-19-20-15(21)11-18-16(23)17-10-13-4-2-3-5-14(13)27(24,25)22-6-8-26-9-7-22/h2-5,12H,6-11H2,1H3,(H2,17,18,23). The van der Waals surface area contributed by atoms with Gasteiger partial charge in [-0.25, -0.2) is 13.2 Å². The van der Waals surface area contributed by atoms with Gasteiger partial charge in [-0.15, -0.1) is 10.2 Å². The van der Waals surface area contributed by atoms with Gasteiger partial charge < -0.3 is 19.9 Å². The van der Waals surface area contributed by atoms with Gasteiger partial charge in [0, 0.05) is 26.7 Å². The maximum Gasteiger partial charge on any atom is 0.315 e. The van der Waals surface area contributed by atoms with E-state index >= 15 is 0 Å². The van der Waals surface area contributed by atoms with Crippen molar-refractivity contribution in [3.8, 4) is 0 Å². The van der Waals surface area contributed by atoms with Crippen LogP contribution < -0.4 is 10.6 Å². The third-order valence-electron chi connectivity index (χ3n) is 4.21. The summed E-state index contributed by atoms with van der Waals surface area (Å²) >= 11 is 0. The van der Waals surface area contributed by atoms with Crippen LogP contribution in [0.4, 0.5) is 4.79 Å². The minimum Gasteiger partial charge on any atom is -0.379 e. The van der Waals surface area contributed by atoms with E-state index in [0.717, 1.165) is 0 Å². The fourth-order valence-corrected chi connectivity index (χ4v) is 4.32. The van der Waals surface area contributed by atoms with Crippen molar-refractivity contribution in [3.63, 3.8) is 0 Å². The number of rotatable bonds is 6. The Hall–Kier alpha value is -2.50. The Kier molecular flexibility index (Phi) is 6.04. The zero-order valence-electron chi connectivity index (χ0n) is 15.0. The fourth-order valence-electron chi connectivity index (χ4n) is 2.69. The van der Waals surface area contributed by atoms with Crippen LogP contribution in [0, 0.1) is 0 Å². The predicted molar refractivity (Wildman–Crippen MR) is 96.1 cm³/mol. The highest BCUT2D eigenvalue weighted by atomic mass is 32.2. The van der Waals surface area contributed by atoms with Gasteiger partial charge in [-0.1, -0.05) is 18.2 Å². The first kappa shape index (κ1) is 19.3. The fraction of sp³-hybridized carbons (Fsp3) is 0.438. The van der Waals surface area contributed by atoms with Crippen LogP contribution in [-0.2, 0) is 34.9 Å². The van der Waals surface area contributed by atoms with Crippen LogP contribution in [0.5, 0.6) is 0 Å². The summed E-state index contributed by atoms with van der Waals surface area (Å²) in [5.41, 5.74) is 0.526. The number of carbonyl (C=O) groups is 1. The van der Waals surface area contributed by atoms with Gasteiger partial charge in [0.25, 0.3) is 0 Å². The van der Waals surface area contributed by atoms with Gasteiger partial charge in [-0.05, 0) is 11.6 Å². The summed E-state index contributed by atoms with van der Waals surface area (Å²) in [6.45, 7) is 1.71. The van der Waals surface area contributed by atoms with Crippen LogP contribution in [0.1, 0.15) is 11.4 Å². The summed E-state index contributed by atoms with van der Waals surface area (Å²) in [7, 11) is -1.85. The summed E-state index contributed by atoms with van der Waals surface area (Å²) in [4.78, 5) is 12.2. The quantitative estimate of drug-likeness (QED) is 0.703. The molecule has 0 bridgehead atoms. The monoisotopic (exact) mass is 394 g/mol. The molecule has 1 saturated heterocycles. The van der Waals surface area contributed by atoms with E-state index in [1.165, 1.54) is 4.31 Å². The second-order valence-electron chi connectivity index (χ2n) is 6.02. The van der Waals surface area contributed by atoms with Gasteiger partial charge in [0.05, 0.1) is 24.7 Å². The first-order valence-corrected chi connectivity index (χ1v) is 9.93. The van der Waals surface area contributed by atoms with Crippen LogP contribution in [0.15, 0.2) is 35.5 Å². The zero-order chi connectivity index (χ0) is 19.3. The summed E-state index contributed by atoms with van der Waals surface area (Å²) < 4.78 is 34.1. The van der Waals surface area contributed by atoms with Crippen molar-refractivity contribution in [2.45, 2.75) is 18.0 Å². The Balaban J connectivity index is 1.63. The molecule has 2 aromatic rings. The SMILES string of the molecule is Cn1cnnc1CNC(=O)NCc1ccccc1S(=O)(=O)N1CCOCC1. The van der Waals surface area contributed by atoms with Crippen LogP contribution in [-0.4, -0.2) is 59.8 Å². The molecule has 1 fully saturated rings. The third kappa shape index (κ3) is 4.62. The Morgan fingerprint density at radius 1 is 1.19 bits per heavy atom. The number of benzene rings is 1. The van der Waals surface area contributed by atoms with Crippen molar-refractivity contribution in [1.29, 1.82) is 0 Å². The lowest BCUT2D eigenvalue weighted by Crippen LogP contribution is -2.41. The Morgan fingerprint density at radius 3 is 2.59 bits per heavy atom. The minimum atomic E-state index is -3.63. The maximum absolute atomic E-state index is 12.9. The Labute approximate surface area is 157 Å². The molecule has 2 amide bonds. The van der Waals surface area contributed by atoms with Crippen molar-refractivity contribution in [3.05, 3.63) is 42.0 Å². The number of aromatic nitrogens is 3. The average molecular weight is 394 g/mol. The number of sulfonamides is 1. The number of nitrogens with one attached hydrogen (secondary N) is 2. The van der Waals surface area contributed by atoms with Crippen LogP contribution in [0.2, 0.25) is 0 Å². The molecule has 0 spiro atoms. The molecule has 11 heteroatoms. The highest BCUT2D eigenvalue weighted by Gasteiger charge is 2.28. The lowest BCUT2D eigenvalue weighted by Gasteiger charge is -2.27. The summed E-state index contributed by atoms with van der Waals surface area (Å²) in [6.07, 6.45) is 1.54. The van der Waals surface area contributed by atoms with Gasteiger partial charge >= 0.3 is 6.03 Å². The van der Waals surface area contributed by atoms with Gasteiger partial charge in [0.2, 0.25) is 10.0 Å². The summed E-state index contributed by atoms with van der Waals surface area (Å²) in [6, 6.07) is 6.24. The summed E-state index contributed by atoms with van der Waals surface area (Å²) in [5, 5.41) is 13.0. The molecular formula is C16H22N6O4S. The van der Waals surface area contributed by atoms with Crippen molar-refractivity contribution in [1.82, 2.24) is 29.7 Å². The Bertz CT molecular complexity index is 892. The molecule has 27 heavy (non-hydrogen) atoms. The molecule has 2 heterocycles. The van der Waals surface area contributed by atoms with Crippen molar-refractivity contribution >= 4 is 16.1 Å². The number of urea groups is 1. The second-order valence-corrected chi connectivity index (χ2v) is 7.92. The van der Waals surface area contributed by atoms with Crippen molar-refractivity contribution in [2.75, 3.05) is 26.3 Å². The topological polar surface area (TPSA) is 118 Å². The third-order valence-corrected chi connectivity index (χ3v) is 6.21. The molecule has 0 atom stereocenters. The number of hydrogen-bond donors (Lipinski definition) is 2. The lowest BCUT2D eigenvalue weighted by molar-refractivity contribution is 0.0730. The molecule has 1 aliphatic heterocycles. The summed E-state index contributed by atoms with van der Waals surface area (Å²) in [5.74, 6) is 0.612. The number of morpholine rings is 1. The largest absolute Gasteiger partial charge is 0.379 e. The molecule has 3 rings (SSSR count). The van der Waals surface area contributed by atoms with E-state index in [4.69, 9.17) is 4.74 Å². The second kappa shape index (κ2) is 8.46. The molecule has 10 nitrogen and oxygen atoms in total. The van der Waals surface area contributed by atoms with E-state index in [-0.39, 0.29) is 18.0 Å². The van der Waals surface area contributed by atoms with E-state index < -0.39 is 16.1 Å². The van der Waals surface area contributed by atoms with Crippen LogP contribution >= 0.6 is 0 Å². The number of aryl methyl sites for hydroxylation is 1. The number of amides is 2. The molecule has 0 aliphatic carbocycles. The first-order chi connectivity index (χ1) is 13.0. The van der Waals surface area contributed by atoms with Crippen molar-refractivity contribution < 1.29 is 17.9 Å². The van der Waals surface area contributed by atoms with Crippen molar-refractivity contribution in [2.24, 2.45) is 7.05 Å². The average Bonchev–Trinajstić information content (AvgIpc) is 3.10. The van der Waals surface area contributed by atoms with Crippen LogP contribution in [0.3, 0.4) is 0 Å². The van der Waals surface area contributed by atoms with E-state index in [1.54, 1.807) is 42.2 Å². The molecule has 1 aromatic heterocycles. The minimum absolute atomic E-state index is 0.0877. The molecule has 0 unspecified atom stereocenters. The molecule has 2 N–H and O–H groups in total. The lowest BCUT2D eigenvalue weighted by atomic mass is 10.2. The number of hydrogen-bond acceptors (Lipinski definition) is 6. The smallest absolute Gasteiger partial charge is 0.315 e. The molecular weight excluding hydrogens is 372 g/mol. The Morgan fingerprint density at radius 2 is 1.89 bits per heavy atom. The molecule has 1 aromatic carbocycles. The number of nitrogens with zero attached hydrogens (tertiary/aromatic N) is 4. The predicted octanol–water partition coefficient (Wildman–Crippen LogP) is -0.165. The maximum atomic E-state index is 12.9. The van der Waals surface area contributed by atoms with E-state index in [9.17, 15) is 13.2 Å². The van der Waals surface area contributed by atoms with Gasteiger partial charge in [-0.2, -0.15) is 4.31 Å². The van der Waals surface area contributed by atoms with E-state index in [2.05, 4.69) is 20.8 Å². The molecule has 1 aliphatic rings. The highest BCUT2D eigenvalue weighted by Crippen LogP contribution is 2.21. The van der Waals surface area contributed by atoms with Gasteiger partial charge in [0.15, 0.2) is 5.82 Å². The van der Waals surface area contributed by atoms with E-state index in [0.29, 0.717) is 37.7 Å².